The second-order valence-electron chi connectivity index (χ2n) is 7.21. The minimum absolute atomic E-state index is 0.0261. The SMILES string of the molecule is CC(C)Cn1c(N)c(C(=O)COC(=O)c2ccc(S(C)(=O)=O)cc2)c(=O)n(C)c1=O. The average molecular weight is 437 g/mol. The van der Waals surface area contributed by atoms with E-state index in [1.165, 1.54) is 31.3 Å². The zero-order valence-electron chi connectivity index (χ0n) is 17.0. The first-order valence-corrected chi connectivity index (χ1v) is 10.8. The van der Waals surface area contributed by atoms with E-state index in [1.807, 2.05) is 13.8 Å². The first-order chi connectivity index (χ1) is 13.8. The summed E-state index contributed by atoms with van der Waals surface area (Å²) in [7, 11) is -2.19. The molecule has 162 valence electrons. The first kappa shape index (κ1) is 23.1. The van der Waals surface area contributed by atoms with Gasteiger partial charge < -0.3 is 10.5 Å². The summed E-state index contributed by atoms with van der Waals surface area (Å²) in [6.45, 7) is 3.11. The molecule has 2 N–H and O–H groups in total. The number of carbonyl (C=O) groups is 2. The summed E-state index contributed by atoms with van der Waals surface area (Å²) in [4.78, 5) is 49.4. The number of ketones is 1. The van der Waals surface area contributed by atoms with Crippen molar-refractivity contribution in [2.45, 2.75) is 25.3 Å². The quantitative estimate of drug-likeness (QED) is 0.478. The molecule has 0 fully saturated rings. The summed E-state index contributed by atoms with van der Waals surface area (Å²) < 4.78 is 29.8. The number of hydrogen-bond acceptors (Lipinski definition) is 8. The smallest absolute Gasteiger partial charge is 0.338 e. The van der Waals surface area contributed by atoms with Gasteiger partial charge in [0.25, 0.3) is 5.56 Å². The molecule has 2 rings (SSSR count). The minimum atomic E-state index is -3.42. The Bertz CT molecular complexity index is 1210. The van der Waals surface area contributed by atoms with E-state index >= 15 is 0 Å². The first-order valence-electron chi connectivity index (χ1n) is 8.94. The van der Waals surface area contributed by atoms with Crippen LogP contribution in [0.25, 0.3) is 0 Å². The van der Waals surface area contributed by atoms with Gasteiger partial charge in [-0.15, -0.1) is 0 Å². The number of esters is 1. The van der Waals surface area contributed by atoms with Crippen LogP contribution in [0, 0.1) is 5.92 Å². The van der Waals surface area contributed by atoms with E-state index < -0.39 is 45.0 Å². The Hall–Kier alpha value is -3.21. The number of nitrogen functional groups attached to an aromatic ring is 1. The lowest BCUT2D eigenvalue weighted by molar-refractivity contribution is 0.0474. The fraction of sp³-hybridized carbons (Fsp3) is 0.368. The van der Waals surface area contributed by atoms with Crippen molar-refractivity contribution in [3.63, 3.8) is 0 Å². The third kappa shape index (κ3) is 4.85. The van der Waals surface area contributed by atoms with Crippen molar-refractivity contribution in [2.75, 3.05) is 18.6 Å². The summed E-state index contributed by atoms with van der Waals surface area (Å²) in [5.74, 6) is -1.99. The Kier molecular flexibility index (Phi) is 6.66. The molecule has 0 radical (unpaired) electrons. The van der Waals surface area contributed by atoms with Gasteiger partial charge in [0.1, 0.15) is 11.4 Å². The van der Waals surface area contributed by atoms with Gasteiger partial charge in [-0.2, -0.15) is 0 Å². The standard InChI is InChI=1S/C19H23N3O7S/c1-11(2)9-22-16(20)15(17(24)21(3)19(22)26)14(23)10-29-18(25)12-5-7-13(8-6-12)30(4,27)28/h5-8,11H,9-10,20H2,1-4H3. The predicted octanol–water partition coefficient (Wildman–Crippen LogP) is 0.228. The maximum Gasteiger partial charge on any atom is 0.338 e. The number of benzene rings is 1. The zero-order valence-corrected chi connectivity index (χ0v) is 17.9. The maximum atomic E-state index is 12.5. The summed E-state index contributed by atoms with van der Waals surface area (Å²) in [5, 5.41) is 0. The van der Waals surface area contributed by atoms with Gasteiger partial charge in [-0.05, 0) is 30.2 Å². The molecule has 0 aliphatic heterocycles. The monoisotopic (exact) mass is 437 g/mol. The number of carbonyl (C=O) groups excluding carboxylic acids is 2. The number of hydrogen-bond donors (Lipinski definition) is 1. The molecule has 1 aromatic carbocycles. The highest BCUT2D eigenvalue weighted by atomic mass is 32.2. The molecule has 0 atom stereocenters. The Labute approximate surface area is 172 Å². The zero-order chi connectivity index (χ0) is 22.8. The maximum absolute atomic E-state index is 12.5. The molecule has 0 bridgehead atoms. The molecule has 0 spiro atoms. The van der Waals surface area contributed by atoms with Gasteiger partial charge in [0.05, 0.1) is 10.5 Å². The third-order valence-corrected chi connectivity index (χ3v) is 5.39. The van der Waals surface area contributed by atoms with Crippen LogP contribution in [0.15, 0.2) is 38.8 Å². The Morgan fingerprint density at radius 1 is 1.13 bits per heavy atom. The number of Topliss-reactive ketones (excluding diaryl/α,β-unsaturated/α-hetero) is 1. The highest BCUT2D eigenvalue weighted by Gasteiger charge is 2.23. The average Bonchev–Trinajstić information content (AvgIpc) is 2.67. The van der Waals surface area contributed by atoms with Crippen molar-refractivity contribution in [1.82, 2.24) is 9.13 Å². The van der Waals surface area contributed by atoms with Crippen molar-refractivity contribution >= 4 is 27.4 Å². The lowest BCUT2D eigenvalue weighted by atomic mass is 10.1. The van der Waals surface area contributed by atoms with Gasteiger partial charge in [0, 0.05) is 19.8 Å². The van der Waals surface area contributed by atoms with Crippen LogP contribution in [0.3, 0.4) is 0 Å². The third-order valence-electron chi connectivity index (χ3n) is 4.26. The van der Waals surface area contributed by atoms with Gasteiger partial charge in [0.15, 0.2) is 16.4 Å². The van der Waals surface area contributed by atoms with Gasteiger partial charge in [-0.3, -0.25) is 18.7 Å². The molecule has 0 amide bonds. The normalized spacial score (nSPS) is 11.5. The van der Waals surface area contributed by atoms with Crippen molar-refractivity contribution < 1.29 is 22.7 Å². The molecule has 0 aliphatic carbocycles. The van der Waals surface area contributed by atoms with Crippen LogP contribution in [0.4, 0.5) is 5.82 Å². The van der Waals surface area contributed by atoms with Crippen molar-refractivity contribution in [2.24, 2.45) is 13.0 Å². The van der Waals surface area contributed by atoms with Crippen LogP contribution in [0.2, 0.25) is 0 Å². The molecule has 1 heterocycles. The highest BCUT2D eigenvalue weighted by Crippen LogP contribution is 2.12. The number of aromatic nitrogens is 2. The van der Waals surface area contributed by atoms with Crippen LogP contribution in [-0.4, -0.2) is 42.2 Å². The van der Waals surface area contributed by atoms with Gasteiger partial charge in [0.2, 0.25) is 5.78 Å². The van der Waals surface area contributed by atoms with Crippen LogP contribution in [-0.2, 0) is 28.2 Å². The number of sulfone groups is 1. The Morgan fingerprint density at radius 2 is 1.70 bits per heavy atom. The van der Waals surface area contributed by atoms with Gasteiger partial charge >= 0.3 is 11.7 Å². The molecular formula is C19H23N3O7S. The van der Waals surface area contributed by atoms with E-state index in [0.717, 1.165) is 15.4 Å². The van der Waals surface area contributed by atoms with Gasteiger partial charge in [-0.1, -0.05) is 13.8 Å². The van der Waals surface area contributed by atoms with Gasteiger partial charge in [-0.25, -0.2) is 18.0 Å². The number of nitrogens with two attached hydrogens (primary N) is 1. The topological polar surface area (TPSA) is 148 Å². The fourth-order valence-corrected chi connectivity index (χ4v) is 3.34. The summed E-state index contributed by atoms with van der Waals surface area (Å²) in [6, 6.07) is 4.98. The second kappa shape index (κ2) is 8.66. The highest BCUT2D eigenvalue weighted by molar-refractivity contribution is 7.90. The molecule has 0 unspecified atom stereocenters. The predicted molar refractivity (Wildman–Crippen MR) is 109 cm³/mol. The van der Waals surface area contributed by atoms with E-state index in [9.17, 15) is 27.6 Å². The van der Waals surface area contributed by atoms with Crippen LogP contribution in [0.1, 0.15) is 34.6 Å². The molecule has 0 saturated heterocycles. The number of ether oxygens (including phenoxy) is 1. The fourth-order valence-electron chi connectivity index (χ4n) is 2.71. The Balaban J connectivity index is 2.26. The second-order valence-corrected chi connectivity index (χ2v) is 9.22. The van der Waals surface area contributed by atoms with E-state index in [0.29, 0.717) is 0 Å². The van der Waals surface area contributed by atoms with Crippen LogP contribution < -0.4 is 17.0 Å². The summed E-state index contributed by atoms with van der Waals surface area (Å²) in [5.41, 5.74) is 3.98. The lowest BCUT2D eigenvalue weighted by Gasteiger charge is -2.16. The van der Waals surface area contributed by atoms with Crippen LogP contribution in [0.5, 0.6) is 0 Å². The number of anilines is 1. The lowest BCUT2D eigenvalue weighted by Crippen LogP contribution is -2.43. The minimum Gasteiger partial charge on any atom is -0.454 e. The van der Waals surface area contributed by atoms with Crippen LogP contribution >= 0.6 is 0 Å². The van der Waals surface area contributed by atoms with Crippen molar-refractivity contribution in [3.05, 3.63) is 56.2 Å². The summed E-state index contributed by atoms with van der Waals surface area (Å²) in [6.07, 6.45) is 1.03. The molecule has 30 heavy (non-hydrogen) atoms. The van der Waals surface area contributed by atoms with E-state index in [-0.39, 0.29) is 28.7 Å². The molecule has 2 aromatic rings. The molecule has 0 aliphatic rings. The molecular weight excluding hydrogens is 414 g/mol. The Morgan fingerprint density at radius 3 is 2.20 bits per heavy atom. The number of rotatable bonds is 7. The number of nitrogens with zero attached hydrogens (tertiary/aromatic N) is 2. The van der Waals surface area contributed by atoms with E-state index in [4.69, 9.17) is 10.5 Å². The van der Waals surface area contributed by atoms with E-state index in [2.05, 4.69) is 0 Å². The molecule has 0 saturated carbocycles. The van der Waals surface area contributed by atoms with Crippen molar-refractivity contribution in [1.29, 1.82) is 0 Å². The van der Waals surface area contributed by atoms with Crippen molar-refractivity contribution in [3.8, 4) is 0 Å². The largest absolute Gasteiger partial charge is 0.454 e. The summed E-state index contributed by atoms with van der Waals surface area (Å²) >= 11 is 0. The molecule has 1 aromatic heterocycles. The van der Waals surface area contributed by atoms with E-state index in [1.54, 1.807) is 0 Å². The molecule has 11 heteroatoms. The molecule has 10 nitrogen and oxygen atoms in total.